The van der Waals surface area contributed by atoms with Crippen LogP contribution >= 0.6 is 0 Å². The second-order valence-corrected chi connectivity index (χ2v) is 5.55. The molecule has 1 fully saturated rings. The number of benzene rings is 1. The maximum Gasteiger partial charge on any atom is 0.251 e. The van der Waals surface area contributed by atoms with Crippen molar-refractivity contribution in [2.75, 3.05) is 5.32 Å². The van der Waals surface area contributed by atoms with Crippen LogP contribution in [0.1, 0.15) is 43.5 Å². The Morgan fingerprint density at radius 1 is 1.30 bits per heavy atom. The van der Waals surface area contributed by atoms with Gasteiger partial charge in [0.1, 0.15) is 0 Å². The number of anilines is 1. The van der Waals surface area contributed by atoms with Crippen LogP contribution in [0.15, 0.2) is 24.3 Å². The lowest BCUT2D eigenvalue weighted by Crippen LogP contribution is -2.47. The van der Waals surface area contributed by atoms with Crippen molar-refractivity contribution in [3.05, 3.63) is 29.8 Å². The Morgan fingerprint density at radius 3 is 2.40 bits per heavy atom. The molecule has 108 valence electrons. The Kier molecular flexibility index (Phi) is 4.09. The lowest BCUT2D eigenvalue weighted by Gasteiger charge is -2.21. The maximum atomic E-state index is 11.9. The van der Waals surface area contributed by atoms with Gasteiger partial charge < -0.3 is 16.4 Å². The average molecular weight is 275 g/mol. The van der Waals surface area contributed by atoms with Gasteiger partial charge in [-0.2, -0.15) is 0 Å². The van der Waals surface area contributed by atoms with Gasteiger partial charge in [-0.05, 0) is 50.5 Å². The molecule has 1 saturated carbocycles. The zero-order valence-electron chi connectivity index (χ0n) is 11.9. The molecule has 0 radical (unpaired) electrons. The van der Waals surface area contributed by atoms with E-state index in [1.165, 1.54) is 0 Å². The number of hydrogen-bond donors (Lipinski definition) is 3. The van der Waals surface area contributed by atoms with E-state index in [-0.39, 0.29) is 11.8 Å². The van der Waals surface area contributed by atoms with Gasteiger partial charge in [-0.1, -0.05) is 6.92 Å². The molecule has 0 aliphatic heterocycles. The summed E-state index contributed by atoms with van der Waals surface area (Å²) in [6, 6.07) is 7.17. The molecule has 1 aliphatic rings. The van der Waals surface area contributed by atoms with Crippen LogP contribution in [0.25, 0.3) is 0 Å². The summed E-state index contributed by atoms with van der Waals surface area (Å²) >= 11 is 0. The van der Waals surface area contributed by atoms with E-state index >= 15 is 0 Å². The van der Waals surface area contributed by atoms with Crippen molar-refractivity contribution in [2.24, 2.45) is 5.73 Å². The van der Waals surface area contributed by atoms with Gasteiger partial charge in [0.15, 0.2) is 0 Å². The van der Waals surface area contributed by atoms with Crippen LogP contribution < -0.4 is 16.4 Å². The van der Waals surface area contributed by atoms with Crippen molar-refractivity contribution in [2.45, 2.75) is 44.7 Å². The van der Waals surface area contributed by atoms with Crippen molar-refractivity contribution in [3.63, 3.8) is 0 Å². The molecule has 0 bridgehead atoms. The van der Waals surface area contributed by atoms with Gasteiger partial charge in [-0.15, -0.1) is 0 Å². The number of rotatable bonds is 5. The van der Waals surface area contributed by atoms with Crippen molar-refractivity contribution < 1.29 is 9.59 Å². The van der Waals surface area contributed by atoms with Gasteiger partial charge in [-0.3, -0.25) is 9.59 Å². The normalized spacial score (nSPS) is 17.1. The molecule has 0 saturated heterocycles. The van der Waals surface area contributed by atoms with E-state index in [0.717, 1.165) is 12.8 Å². The molecule has 1 atom stereocenters. The minimum absolute atomic E-state index is 0.0670. The minimum Gasteiger partial charge on any atom is -0.349 e. The van der Waals surface area contributed by atoms with E-state index in [9.17, 15) is 9.59 Å². The van der Waals surface area contributed by atoms with Crippen LogP contribution in [0.4, 0.5) is 5.69 Å². The summed E-state index contributed by atoms with van der Waals surface area (Å²) in [6.45, 7) is 3.56. The summed E-state index contributed by atoms with van der Waals surface area (Å²) in [4.78, 5) is 23.7. The Hall–Kier alpha value is -1.88. The van der Waals surface area contributed by atoms with E-state index in [0.29, 0.717) is 23.7 Å². The van der Waals surface area contributed by atoms with Gasteiger partial charge >= 0.3 is 0 Å². The van der Waals surface area contributed by atoms with Gasteiger partial charge in [0, 0.05) is 17.3 Å². The third-order valence-corrected chi connectivity index (χ3v) is 3.57. The fraction of sp³-hybridized carbons (Fsp3) is 0.467. The average Bonchev–Trinajstić information content (AvgIpc) is 3.23. The summed E-state index contributed by atoms with van der Waals surface area (Å²) in [6.07, 6.45) is 2.68. The predicted molar refractivity (Wildman–Crippen MR) is 78.4 cm³/mol. The Morgan fingerprint density at radius 2 is 1.90 bits per heavy atom. The SMILES string of the molecule is CCC(C)(N)C(=O)Nc1ccc(C(=O)NC2CC2)cc1. The quantitative estimate of drug-likeness (QED) is 0.764. The fourth-order valence-electron chi connectivity index (χ4n) is 1.64. The molecular formula is C15H21N3O2. The second-order valence-electron chi connectivity index (χ2n) is 5.55. The first-order valence-corrected chi connectivity index (χ1v) is 6.93. The van der Waals surface area contributed by atoms with Crippen molar-refractivity contribution in [1.82, 2.24) is 5.32 Å². The molecule has 1 unspecified atom stereocenters. The zero-order valence-corrected chi connectivity index (χ0v) is 11.9. The van der Waals surface area contributed by atoms with Crippen molar-refractivity contribution in [3.8, 4) is 0 Å². The van der Waals surface area contributed by atoms with Crippen LogP contribution in [-0.4, -0.2) is 23.4 Å². The Labute approximate surface area is 118 Å². The van der Waals surface area contributed by atoms with Gasteiger partial charge in [0.05, 0.1) is 5.54 Å². The van der Waals surface area contributed by atoms with Crippen LogP contribution in [0, 0.1) is 0 Å². The number of amides is 2. The molecule has 4 N–H and O–H groups in total. The third kappa shape index (κ3) is 3.57. The molecule has 0 spiro atoms. The molecule has 2 amide bonds. The lowest BCUT2D eigenvalue weighted by atomic mass is 9.99. The standard InChI is InChI=1S/C15H21N3O2/c1-3-15(2,16)14(20)18-12-6-4-10(5-7-12)13(19)17-11-8-9-11/h4-7,11H,3,8-9,16H2,1-2H3,(H,17,19)(H,18,20). The number of carbonyl (C=O) groups is 2. The van der Waals surface area contributed by atoms with Gasteiger partial charge in [0.2, 0.25) is 5.91 Å². The number of nitrogens with two attached hydrogens (primary N) is 1. The number of hydrogen-bond acceptors (Lipinski definition) is 3. The molecule has 1 aromatic rings. The number of nitrogens with one attached hydrogen (secondary N) is 2. The lowest BCUT2D eigenvalue weighted by molar-refractivity contribution is -0.120. The summed E-state index contributed by atoms with van der Waals surface area (Å²) in [7, 11) is 0. The molecule has 1 aliphatic carbocycles. The topological polar surface area (TPSA) is 84.2 Å². The highest BCUT2D eigenvalue weighted by Crippen LogP contribution is 2.20. The summed E-state index contributed by atoms with van der Waals surface area (Å²) < 4.78 is 0. The van der Waals surface area contributed by atoms with Crippen LogP contribution in [0.3, 0.4) is 0 Å². The van der Waals surface area contributed by atoms with Gasteiger partial charge in [-0.25, -0.2) is 0 Å². The van der Waals surface area contributed by atoms with Gasteiger partial charge in [0.25, 0.3) is 5.91 Å². The second kappa shape index (κ2) is 5.63. The summed E-state index contributed by atoms with van der Waals surface area (Å²) in [5.41, 5.74) is 6.22. The molecule has 1 aromatic carbocycles. The highest BCUT2D eigenvalue weighted by molar-refractivity contribution is 5.98. The monoisotopic (exact) mass is 275 g/mol. The first kappa shape index (κ1) is 14.5. The molecule has 0 heterocycles. The van der Waals surface area contributed by atoms with Crippen molar-refractivity contribution in [1.29, 1.82) is 0 Å². The Bertz CT molecular complexity index is 504. The largest absolute Gasteiger partial charge is 0.349 e. The number of carbonyl (C=O) groups excluding carboxylic acids is 2. The van der Waals surface area contributed by atoms with Crippen LogP contribution in [0.2, 0.25) is 0 Å². The first-order valence-electron chi connectivity index (χ1n) is 6.93. The molecule has 5 heteroatoms. The molecular weight excluding hydrogens is 254 g/mol. The summed E-state index contributed by atoms with van der Waals surface area (Å²) in [5.74, 6) is -0.294. The highest BCUT2D eigenvalue weighted by Gasteiger charge is 2.26. The predicted octanol–water partition coefficient (Wildman–Crippen LogP) is 1.64. The third-order valence-electron chi connectivity index (χ3n) is 3.57. The van der Waals surface area contributed by atoms with Crippen molar-refractivity contribution >= 4 is 17.5 Å². The van der Waals surface area contributed by atoms with E-state index in [1.807, 2.05) is 6.92 Å². The molecule has 5 nitrogen and oxygen atoms in total. The fourth-order valence-corrected chi connectivity index (χ4v) is 1.64. The maximum absolute atomic E-state index is 11.9. The van der Waals surface area contributed by atoms with E-state index in [4.69, 9.17) is 5.73 Å². The van der Waals surface area contributed by atoms with E-state index < -0.39 is 5.54 Å². The van der Waals surface area contributed by atoms with Crippen LogP contribution in [0.5, 0.6) is 0 Å². The zero-order chi connectivity index (χ0) is 14.8. The molecule has 2 rings (SSSR count). The summed E-state index contributed by atoms with van der Waals surface area (Å²) in [5, 5.41) is 5.67. The van der Waals surface area contributed by atoms with E-state index in [2.05, 4.69) is 10.6 Å². The smallest absolute Gasteiger partial charge is 0.251 e. The Balaban J connectivity index is 1.97. The first-order chi connectivity index (χ1) is 9.42. The molecule has 20 heavy (non-hydrogen) atoms. The van der Waals surface area contributed by atoms with Crippen LogP contribution in [-0.2, 0) is 4.79 Å². The minimum atomic E-state index is -0.887. The molecule has 0 aromatic heterocycles. The van der Waals surface area contributed by atoms with E-state index in [1.54, 1.807) is 31.2 Å². The highest BCUT2D eigenvalue weighted by atomic mass is 16.2.